The van der Waals surface area contributed by atoms with Crippen LogP contribution < -0.4 is 0 Å². The van der Waals surface area contributed by atoms with E-state index in [-0.39, 0.29) is 123 Å². The van der Waals surface area contributed by atoms with Gasteiger partial charge < -0.3 is 0 Å². The van der Waals surface area contributed by atoms with Crippen LogP contribution in [-0.4, -0.2) is 0 Å². The molecule has 60 valence electrons. The van der Waals surface area contributed by atoms with Crippen LogP contribution in [0.2, 0.25) is 0 Å². The molecule has 0 aromatic rings. The Bertz CT molecular complexity index is 0. The van der Waals surface area contributed by atoms with E-state index in [0.29, 0.717) is 0 Å². The third-order valence-corrected chi connectivity index (χ3v) is 0. The maximum absolute atomic E-state index is 0. The van der Waals surface area contributed by atoms with E-state index in [1.807, 2.05) is 0 Å². The van der Waals surface area contributed by atoms with E-state index in [1.165, 1.54) is 0 Å². The van der Waals surface area contributed by atoms with Gasteiger partial charge in [-0.05, 0) is 0 Å². The maximum Gasteiger partial charge on any atom is 0 e. The molecule has 0 saturated carbocycles. The second-order valence-corrected chi connectivity index (χ2v) is 0. The second-order valence-electron chi connectivity index (χ2n) is 0. The van der Waals surface area contributed by atoms with Crippen molar-refractivity contribution in [3.05, 3.63) is 0 Å². The average molecular weight is 639 g/mol. The van der Waals surface area contributed by atoms with Gasteiger partial charge >= 0.3 is 0 Å². The van der Waals surface area contributed by atoms with Crippen molar-refractivity contribution in [1.82, 2.24) is 0 Å². The Kier molecular flexibility index (Phi) is 306. The molecule has 0 aliphatic carbocycles. The Morgan fingerprint density at radius 2 is 0.167 bits per heavy atom. The summed E-state index contributed by atoms with van der Waals surface area (Å²) < 4.78 is 0. The van der Waals surface area contributed by atoms with Crippen LogP contribution in [0.15, 0.2) is 0 Å². The first-order chi connectivity index (χ1) is 0. The first-order valence-electron chi connectivity index (χ1n) is 0. The molecule has 0 unspecified atom stereocenters. The van der Waals surface area contributed by atoms with Crippen LogP contribution in [0.1, 0.15) is 0 Å². The van der Waals surface area contributed by atoms with Gasteiger partial charge in [-0.2, -0.15) is 0 Å². The number of hydrogen-bond acceptors (Lipinski definition) is 0. The molecule has 0 N–H and O–H groups in total. The van der Waals surface area contributed by atoms with Gasteiger partial charge in [0.25, 0.3) is 0 Å². The fourth-order valence-corrected chi connectivity index (χ4v) is 0. The van der Waals surface area contributed by atoms with Crippen LogP contribution in [0.25, 0.3) is 0 Å². The van der Waals surface area contributed by atoms with Crippen molar-refractivity contribution in [2.75, 3.05) is 0 Å². The van der Waals surface area contributed by atoms with Crippen molar-refractivity contribution in [2.24, 2.45) is 0 Å². The van der Waals surface area contributed by atoms with Crippen molar-refractivity contribution in [2.45, 2.75) is 0 Å². The number of hydrogen-bond donors (Lipinski definition) is 0. The summed E-state index contributed by atoms with van der Waals surface area (Å²) in [6, 6.07) is 0. The van der Waals surface area contributed by atoms with E-state index >= 15 is 0 Å². The van der Waals surface area contributed by atoms with Crippen LogP contribution in [-0.2, 0) is 123 Å². The van der Waals surface area contributed by atoms with E-state index in [4.69, 9.17) is 0 Å². The Labute approximate surface area is 120 Å². The smallest absolute Gasteiger partial charge is 0 e. The third-order valence-electron chi connectivity index (χ3n) is 0. The summed E-state index contributed by atoms with van der Waals surface area (Å²) in [4.78, 5) is 0. The zero-order valence-corrected chi connectivity index (χ0v) is 11.2. The van der Waals surface area contributed by atoms with Crippen LogP contribution in [0.5, 0.6) is 0 Å². The van der Waals surface area contributed by atoms with Gasteiger partial charge in [0.1, 0.15) is 0 Å². The maximum atomic E-state index is 0. The molecule has 0 aliphatic heterocycles. The van der Waals surface area contributed by atoms with Crippen molar-refractivity contribution in [3.8, 4) is 0 Å². The first kappa shape index (κ1) is 50.9. The van der Waals surface area contributed by atoms with Crippen LogP contribution in [0, 0.1) is 0 Å². The molecule has 0 aromatic carbocycles. The molecule has 0 rings (SSSR count). The van der Waals surface area contributed by atoms with Gasteiger partial charge in [-0.15, -0.1) is 0 Å². The zero-order valence-electron chi connectivity index (χ0n) is 1.90. The molecule has 0 heterocycles. The van der Waals surface area contributed by atoms with Gasteiger partial charge in [-0.3, -0.25) is 0 Å². The quantitative estimate of drug-likeness (QED) is 0.328. The fourth-order valence-electron chi connectivity index (χ4n) is 0. The van der Waals surface area contributed by atoms with Gasteiger partial charge in [0, 0.05) is 123 Å². The summed E-state index contributed by atoms with van der Waals surface area (Å²) in [6.45, 7) is 0. The first-order valence-corrected chi connectivity index (χ1v) is 0. The number of rotatable bonds is 0. The predicted octanol–water partition coefficient (Wildman–Crippen LogP) is -0.0150. The molecular formula is Pd6. The molecule has 0 bridgehead atoms. The molecule has 6 heteroatoms. The summed E-state index contributed by atoms with van der Waals surface area (Å²) in [5, 5.41) is 0. The van der Waals surface area contributed by atoms with Crippen LogP contribution >= 0.6 is 0 Å². The molecule has 0 amide bonds. The summed E-state index contributed by atoms with van der Waals surface area (Å²) in [5.74, 6) is 0. The Hall–Kier alpha value is 3.97. The van der Waals surface area contributed by atoms with Crippen LogP contribution in [0.4, 0.5) is 0 Å². The van der Waals surface area contributed by atoms with E-state index in [1.54, 1.807) is 0 Å². The Balaban J connectivity index is 0. The molecular weight excluding hydrogens is 639 g/mol. The second kappa shape index (κ2) is 36.1. The Morgan fingerprint density at radius 3 is 0.167 bits per heavy atom. The molecule has 0 saturated heterocycles. The monoisotopic (exact) mass is 635 g/mol. The average Bonchev–Trinajstić information content (AvgIpc) is 0. The normalized spacial score (nSPS) is 0. The molecule has 0 aromatic heterocycles. The van der Waals surface area contributed by atoms with E-state index in [9.17, 15) is 0 Å². The molecule has 0 nitrogen and oxygen atoms in total. The summed E-state index contributed by atoms with van der Waals surface area (Å²) in [7, 11) is 0. The van der Waals surface area contributed by atoms with Gasteiger partial charge in [0.15, 0.2) is 0 Å². The molecule has 6 heavy (non-hydrogen) atoms. The molecule has 0 aliphatic rings. The van der Waals surface area contributed by atoms with Crippen molar-refractivity contribution in [1.29, 1.82) is 0 Å². The van der Waals surface area contributed by atoms with Gasteiger partial charge in [0.2, 0.25) is 0 Å². The van der Waals surface area contributed by atoms with Crippen molar-refractivity contribution in [3.63, 3.8) is 0 Å². The molecule has 0 radical (unpaired) electrons. The minimum Gasteiger partial charge on any atom is 0 e. The van der Waals surface area contributed by atoms with Gasteiger partial charge in [-0.1, -0.05) is 0 Å². The third kappa shape index (κ3) is 24.6. The van der Waals surface area contributed by atoms with E-state index in [0.717, 1.165) is 0 Å². The minimum atomic E-state index is 0. The molecule has 0 atom stereocenters. The fraction of sp³-hybridized carbons (Fsp3) is 0. The van der Waals surface area contributed by atoms with Crippen LogP contribution in [0.3, 0.4) is 0 Å². The van der Waals surface area contributed by atoms with Crippen molar-refractivity contribution < 1.29 is 123 Å². The van der Waals surface area contributed by atoms with Crippen molar-refractivity contribution >= 4 is 0 Å². The molecule has 0 fully saturated rings. The largest absolute Gasteiger partial charge is 0 e. The Morgan fingerprint density at radius 1 is 0.167 bits per heavy atom. The van der Waals surface area contributed by atoms with Gasteiger partial charge in [-0.25, -0.2) is 0 Å². The summed E-state index contributed by atoms with van der Waals surface area (Å²) >= 11 is 0. The topological polar surface area (TPSA) is 0 Å². The van der Waals surface area contributed by atoms with E-state index in [2.05, 4.69) is 0 Å². The zero-order chi connectivity index (χ0) is 0. The van der Waals surface area contributed by atoms with Gasteiger partial charge in [0.05, 0.1) is 0 Å². The summed E-state index contributed by atoms with van der Waals surface area (Å²) in [6.07, 6.45) is 0. The van der Waals surface area contributed by atoms with E-state index < -0.39 is 0 Å². The minimum absolute atomic E-state index is 0. The predicted molar refractivity (Wildman–Crippen MR) is 0 cm³/mol. The summed E-state index contributed by atoms with van der Waals surface area (Å²) in [5.41, 5.74) is 0. The SMILES string of the molecule is [Pd].[Pd].[Pd].[Pd].[Pd].[Pd]. The standard InChI is InChI=1S/6Pd. The molecule has 0 spiro atoms.